The maximum Gasteiger partial charge on any atom is 0.335 e. The van der Waals surface area contributed by atoms with Crippen LogP contribution in [0.4, 0.5) is 5.82 Å². The number of hydrogen-bond acceptors (Lipinski definition) is 7. The van der Waals surface area contributed by atoms with Crippen molar-refractivity contribution >= 4 is 32.4 Å². The second-order valence-electron chi connectivity index (χ2n) is 5.64. The number of carboxylic acids is 1. The number of methoxy groups -OCH3 is 2. The van der Waals surface area contributed by atoms with Crippen molar-refractivity contribution in [2.45, 2.75) is 4.90 Å². The molecule has 0 saturated heterocycles. The number of aromatic nitrogens is 2. The molecule has 0 aliphatic rings. The van der Waals surface area contributed by atoms with Gasteiger partial charge in [0.2, 0.25) is 0 Å². The van der Waals surface area contributed by atoms with E-state index in [9.17, 15) is 9.00 Å². The van der Waals surface area contributed by atoms with Gasteiger partial charge in [0.05, 0.1) is 35.0 Å². The summed E-state index contributed by atoms with van der Waals surface area (Å²) in [4.78, 5) is 19.7. The molecule has 1 unspecified atom stereocenters. The number of aromatic carboxylic acids is 1. The molecule has 0 saturated carbocycles. The van der Waals surface area contributed by atoms with Gasteiger partial charge in [-0.15, -0.1) is 0 Å². The van der Waals surface area contributed by atoms with Crippen molar-refractivity contribution in [2.75, 3.05) is 20.5 Å². The van der Waals surface area contributed by atoms with Crippen LogP contribution in [0.1, 0.15) is 10.4 Å². The lowest BCUT2D eigenvalue weighted by molar-refractivity contribution is 0.0697. The molecule has 3 rings (SSSR count). The van der Waals surface area contributed by atoms with Gasteiger partial charge in [0.1, 0.15) is 6.33 Å². The number of carboxylic acid groups (broad SMARTS) is 1. The fourth-order valence-electron chi connectivity index (χ4n) is 2.51. The lowest BCUT2D eigenvalue weighted by atomic mass is 10.2. The zero-order valence-electron chi connectivity index (χ0n) is 14.9. The summed E-state index contributed by atoms with van der Waals surface area (Å²) in [6.07, 6.45) is 2.80. The monoisotopic (exact) mass is 387 g/mol. The third-order valence-electron chi connectivity index (χ3n) is 3.92. The van der Waals surface area contributed by atoms with E-state index in [1.54, 1.807) is 12.1 Å². The third kappa shape index (κ3) is 3.68. The molecule has 140 valence electrons. The molecule has 0 fully saturated rings. The van der Waals surface area contributed by atoms with Gasteiger partial charge < -0.3 is 14.6 Å². The van der Waals surface area contributed by atoms with Crippen LogP contribution in [0.5, 0.6) is 11.5 Å². The number of carbonyl (C=O) groups is 1. The standard InChI is InChI=1S/C18H17N3O5S/c1-25-15-8-13-14(9-16(15)26-2)19-10-20-17(13)21-27(3,24)12-6-4-11(5-7-12)18(22)23/h4-10H,1-3H3,(H,22,23). The first-order valence-corrected chi connectivity index (χ1v) is 9.70. The van der Waals surface area contributed by atoms with E-state index in [-0.39, 0.29) is 11.4 Å². The van der Waals surface area contributed by atoms with Gasteiger partial charge in [0.15, 0.2) is 17.3 Å². The van der Waals surface area contributed by atoms with Gasteiger partial charge in [-0.25, -0.2) is 19.0 Å². The highest BCUT2D eigenvalue weighted by Crippen LogP contribution is 2.35. The average Bonchev–Trinajstić information content (AvgIpc) is 2.67. The average molecular weight is 387 g/mol. The Morgan fingerprint density at radius 3 is 2.30 bits per heavy atom. The van der Waals surface area contributed by atoms with Crippen molar-refractivity contribution in [3.63, 3.8) is 0 Å². The summed E-state index contributed by atoms with van der Waals surface area (Å²) in [5, 5.41) is 9.55. The molecule has 9 heteroatoms. The van der Waals surface area contributed by atoms with Gasteiger partial charge in [0.25, 0.3) is 0 Å². The van der Waals surface area contributed by atoms with Crippen molar-refractivity contribution in [2.24, 2.45) is 4.36 Å². The minimum Gasteiger partial charge on any atom is -0.493 e. The minimum absolute atomic E-state index is 0.110. The first kappa shape index (κ1) is 18.6. The Morgan fingerprint density at radius 1 is 1.07 bits per heavy atom. The molecule has 1 N–H and O–H groups in total. The molecule has 1 atom stereocenters. The number of ether oxygens (including phenoxy) is 2. The molecule has 27 heavy (non-hydrogen) atoms. The number of rotatable bonds is 5. The topological polar surface area (TPSA) is 111 Å². The Kier molecular flexibility index (Phi) is 4.95. The fraction of sp³-hybridized carbons (Fsp3) is 0.167. The quantitative estimate of drug-likeness (QED) is 0.716. The number of hydrogen-bond donors (Lipinski definition) is 1. The summed E-state index contributed by atoms with van der Waals surface area (Å²) >= 11 is 0. The molecule has 0 spiro atoms. The van der Waals surface area contributed by atoms with Crippen LogP contribution in [0.3, 0.4) is 0 Å². The van der Waals surface area contributed by atoms with E-state index in [4.69, 9.17) is 14.6 Å². The Balaban J connectivity index is 2.16. The van der Waals surface area contributed by atoms with Gasteiger partial charge in [-0.1, -0.05) is 0 Å². The van der Waals surface area contributed by atoms with Crippen LogP contribution in [0.25, 0.3) is 10.9 Å². The second-order valence-corrected chi connectivity index (χ2v) is 7.90. The molecule has 0 aliphatic carbocycles. The van der Waals surface area contributed by atoms with E-state index in [0.29, 0.717) is 27.3 Å². The van der Waals surface area contributed by atoms with Gasteiger partial charge in [0, 0.05) is 22.6 Å². The van der Waals surface area contributed by atoms with Crippen molar-refractivity contribution in [1.29, 1.82) is 0 Å². The van der Waals surface area contributed by atoms with E-state index >= 15 is 0 Å². The molecule has 0 aliphatic heterocycles. The Hall–Kier alpha value is -3.20. The summed E-state index contributed by atoms with van der Waals surface area (Å²) in [6.45, 7) is 0. The minimum atomic E-state index is -2.86. The van der Waals surface area contributed by atoms with Gasteiger partial charge >= 0.3 is 5.97 Å². The SMILES string of the molecule is COc1cc2ncnc(N=S(C)(=O)c3ccc(C(=O)O)cc3)c2cc1OC. The van der Waals surface area contributed by atoms with E-state index < -0.39 is 15.7 Å². The van der Waals surface area contributed by atoms with Gasteiger partial charge in [-0.2, -0.15) is 4.36 Å². The summed E-state index contributed by atoms with van der Waals surface area (Å²) in [5.41, 5.74) is 0.677. The molecule has 3 aromatic rings. The summed E-state index contributed by atoms with van der Waals surface area (Å²) in [7, 11) is 0.172. The summed E-state index contributed by atoms with van der Waals surface area (Å²) < 4.78 is 28.0. The van der Waals surface area contributed by atoms with Crippen molar-refractivity contribution in [1.82, 2.24) is 9.97 Å². The highest BCUT2D eigenvalue weighted by atomic mass is 32.2. The fourth-order valence-corrected chi connectivity index (χ4v) is 3.73. The Labute approximate surface area is 156 Å². The van der Waals surface area contributed by atoms with Crippen LogP contribution in [0, 0.1) is 0 Å². The predicted octanol–water partition coefficient (Wildman–Crippen LogP) is 3.13. The molecular weight excluding hydrogens is 370 g/mol. The van der Waals surface area contributed by atoms with Crippen LogP contribution >= 0.6 is 0 Å². The number of benzene rings is 2. The van der Waals surface area contributed by atoms with Crippen LogP contribution in [0.2, 0.25) is 0 Å². The molecule has 8 nitrogen and oxygen atoms in total. The van der Waals surface area contributed by atoms with E-state index in [1.165, 1.54) is 51.1 Å². The first-order valence-electron chi connectivity index (χ1n) is 7.78. The summed E-state index contributed by atoms with van der Waals surface area (Å²) in [6, 6.07) is 9.12. The Morgan fingerprint density at radius 2 is 1.70 bits per heavy atom. The highest BCUT2D eigenvalue weighted by molar-refractivity contribution is 7.93. The van der Waals surface area contributed by atoms with Crippen LogP contribution in [-0.2, 0) is 9.73 Å². The van der Waals surface area contributed by atoms with Crippen LogP contribution in [0.15, 0.2) is 52.0 Å². The van der Waals surface area contributed by atoms with Crippen LogP contribution < -0.4 is 9.47 Å². The zero-order valence-corrected chi connectivity index (χ0v) is 15.7. The second kappa shape index (κ2) is 7.20. The van der Waals surface area contributed by atoms with E-state index in [0.717, 1.165) is 0 Å². The molecule has 0 radical (unpaired) electrons. The lowest BCUT2D eigenvalue weighted by Crippen LogP contribution is -2.00. The van der Waals surface area contributed by atoms with Gasteiger partial charge in [-0.3, -0.25) is 0 Å². The lowest BCUT2D eigenvalue weighted by Gasteiger charge is -2.10. The van der Waals surface area contributed by atoms with Crippen molar-refractivity contribution < 1.29 is 23.6 Å². The first-order chi connectivity index (χ1) is 12.9. The van der Waals surface area contributed by atoms with Gasteiger partial charge in [-0.05, 0) is 30.3 Å². The smallest absolute Gasteiger partial charge is 0.335 e. The van der Waals surface area contributed by atoms with E-state index in [1.807, 2.05) is 0 Å². The third-order valence-corrected chi connectivity index (χ3v) is 5.59. The molecule has 0 amide bonds. The molecule has 2 aromatic carbocycles. The zero-order chi connectivity index (χ0) is 19.6. The van der Waals surface area contributed by atoms with E-state index in [2.05, 4.69) is 14.3 Å². The number of fused-ring (bicyclic) bond motifs is 1. The molecule has 0 bridgehead atoms. The predicted molar refractivity (Wildman–Crippen MR) is 100 cm³/mol. The molecule has 1 heterocycles. The van der Waals surface area contributed by atoms with Crippen molar-refractivity contribution in [3.05, 3.63) is 48.3 Å². The highest BCUT2D eigenvalue weighted by Gasteiger charge is 2.14. The van der Waals surface area contributed by atoms with Crippen LogP contribution in [-0.4, -0.2) is 45.7 Å². The van der Waals surface area contributed by atoms with Crippen molar-refractivity contribution in [3.8, 4) is 11.5 Å². The normalized spacial score (nSPS) is 13.0. The number of nitrogens with zero attached hydrogens (tertiary/aromatic N) is 3. The molecule has 1 aromatic heterocycles. The Bertz CT molecular complexity index is 1140. The maximum absolute atomic E-state index is 13.1. The summed E-state index contributed by atoms with van der Waals surface area (Å²) in [5.74, 6) is 0.181. The largest absolute Gasteiger partial charge is 0.493 e. The molecular formula is C18H17N3O5S. The maximum atomic E-state index is 13.1.